The van der Waals surface area contributed by atoms with Crippen LogP contribution in [0, 0.1) is 11.3 Å². The van der Waals surface area contributed by atoms with Gasteiger partial charge >= 0.3 is 12.3 Å². The maximum atomic E-state index is 12.0. The van der Waals surface area contributed by atoms with Gasteiger partial charge < -0.3 is 15.3 Å². The molecule has 1 unspecified atom stereocenters. The zero-order valence-electron chi connectivity index (χ0n) is 12.9. The number of benzene rings is 1. The SMILES string of the molecule is CC(C#N)=C(O)CC(C)O.O=C(O)Nc1ccc(C(F)(F)F)cc1. The van der Waals surface area contributed by atoms with Crippen LogP contribution in [-0.2, 0) is 6.18 Å². The van der Waals surface area contributed by atoms with Gasteiger partial charge in [-0.3, -0.25) is 5.32 Å². The molecule has 0 aliphatic heterocycles. The number of rotatable bonds is 3. The number of amides is 1. The second-order valence-electron chi connectivity index (χ2n) is 4.74. The molecule has 132 valence electrons. The summed E-state index contributed by atoms with van der Waals surface area (Å²) < 4.78 is 36.1. The lowest BCUT2D eigenvalue weighted by atomic mass is 10.2. The van der Waals surface area contributed by atoms with E-state index >= 15 is 0 Å². The highest BCUT2D eigenvalue weighted by Gasteiger charge is 2.29. The number of alkyl halides is 3. The van der Waals surface area contributed by atoms with Gasteiger partial charge in [-0.2, -0.15) is 18.4 Å². The molecular formula is C15H17F3N2O4. The van der Waals surface area contributed by atoms with Crippen molar-refractivity contribution in [3.63, 3.8) is 0 Å². The van der Waals surface area contributed by atoms with E-state index in [2.05, 4.69) is 0 Å². The molecule has 0 aromatic heterocycles. The second-order valence-corrected chi connectivity index (χ2v) is 4.74. The molecule has 0 fully saturated rings. The Morgan fingerprint density at radius 1 is 1.29 bits per heavy atom. The minimum atomic E-state index is -4.40. The van der Waals surface area contributed by atoms with Gasteiger partial charge in [-0.1, -0.05) is 0 Å². The summed E-state index contributed by atoms with van der Waals surface area (Å²) in [6.45, 7) is 3.07. The Hall–Kier alpha value is -2.73. The number of aliphatic hydroxyl groups excluding tert-OH is 2. The highest BCUT2D eigenvalue weighted by molar-refractivity contribution is 5.82. The van der Waals surface area contributed by atoms with Crippen molar-refractivity contribution in [2.24, 2.45) is 0 Å². The Morgan fingerprint density at radius 2 is 1.79 bits per heavy atom. The number of halogens is 3. The number of hydrogen-bond acceptors (Lipinski definition) is 4. The zero-order chi connectivity index (χ0) is 18.9. The van der Waals surface area contributed by atoms with Gasteiger partial charge in [0.05, 0.1) is 23.3 Å². The maximum Gasteiger partial charge on any atom is 0.416 e. The summed E-state index contributed by atoms with van der Waals surface area (Å²) in [6, 6.07) is 5.52. The summed E-state index contributed by atoms with van der Waals surface area (Å²) in [7, 11) is 0. The van der Waals surface area contributed by atoms with Crippen LogP contribution >= 0.6 is 0 Å². The topological polar surface area (TPSA) is 114 Å². The van der Waals surface area contributed by atoms with E-state index < -0.39 is 23.9 Å². The average molecular weight is 346 g/mol. The Bertz CT molecular complexity index is 617. The van der Waals surface area contributed by atoms with E-state index in [1.54, 1.807) is 13.0 Å². The number of nitrogens with one attached hydrogen (secondary N) is 1. The minimum Gasteiger partial charge on any atom is -0.511 e. The maximum absolute atomic E-state index is 12.0. The van der Waals surface area contributed by atoms with Gasteiger partial charge in [-0.25, -0.2) is 4.79 Å². The van der Waals surface area contributed by atoms with E-state index in [1.165, 1.54) is 6.92 Å². The molecule has 1 amide bonds. The number of nitrogens with zero attached hydrogens (tertiary/aromatic N) is 1. The van der Waals surface area contributed by atoms with Crippen molar-refractivity contribution >= 4 is 11.8 Å². The van der Waals surface area contributed by atoms with Crippen molar-refractivity contribution in [2.75, 3.05) is 5.32 Å². The molecule has 0 aliphatic carbocycles. The molecule has 0 bridgehead atoms. The van der Waals surface area contributed by atoms with Gasteiger partial charge in [0, 0.05) is 12.1 Å². The summed E-state index contributed by atoms with van der Waals surface area (Å²) >= 11 is 0. The summed E-state index contributed by atoms with van der Waals surface area (Å²) in [5, 5.41) is 36.2. The predicted molar refractivity (Wildman–Crippen MR) is 80.3 cm³/mol. The number of carbonyl (C=O) groups is 1. The van der Waals surface area contributed by atoms with E-state index in [-0.39, 0.29) is 23.4 Å². The lowest BCUT2D eigenvalue weighted by molar-refractivity contribution is -0.137. The van der Waals surface area contributed by atoms with Crippen molar-refractivity contribution in [1.82, 2.24) is 0 Å². The first-order valence-electron chi connectivity index (χ1n) is 6.61. The van der Waals surface area contributed by atoms with Crippen molar-refractivity contribution in [3.8, 4) is 6.07 Å². The molecule has 0 spiro atoms. The van der Waals surface area contributed by atoms with Crippen LogP contribution in [0.15, 0.2) is 35.6 Å². The molecule has 1 rings (SSSR count). The van der Waals surface area contributed by atoms with Crippen LogP contribution in [0.3, 0.4) is 0 Å². The smallest absolute Gasteiger partial charge is 0.416 e. The minimum absolute atomic E-state index is 0.0301. The highest BCUT2D eigenvalue weighted by atomic mass is 19.4. The molecule has 24 heavy (non-hydrogen) atoms. The lowest BCUT2D eigenvalue weighted by Crippen LogP contribution is -2.08. The van der Waals surface area contributed by atoms with Crippen LogP contribution in [0.25, 0.3) is 0 Å². The molecule has 1 aromatic rings. The number of hydrogen-bond donors (Lipinski definition) is 4. The molecule has 1 aromatic carbocycles. The van der Waals surface area contributed by atoms with E-state index in [1.807, 2.05) is 5.32 Å². The largest absolute Gasteiger partial charge is 0.511 e. The molecule has 0 heterocycles. The number of anilines is 1. The molecule has 0 radical (unpaired) electrons. The second kappa shape index (κ2) is 9.42. The van der Waals surface area contributed by atoms with Crippen LogP contribution in [0.4, 0.5) is 23.7 Å². The van der Waals surface area contributed by atoms with Gasteiger partial charge in [0.25, 0.3) is 0 Å². The summed E-state index contributed by atoms with van der Waals surface area (Å²) in [6.07, 6.45) is -6.16. The van der Waals surface area contributed by atoms with E-state index in [9.17, 15) is 18.0 Å². The van der Waals surface area contributed by atoms with E-state index in [0.717, 1.165) is 24.3 Å². The van der Waals surface area contributed by atoms with Gasteiger partial charge in [0.1, 0.15) is 5.76 Å². The molecular weight excluding hydrogens is 329 g/mol. The third-order valence-corrected chi connectivity index (χ3v) is 2.55. The van der Waals surface area contributed by atoms with E-state index in [0.29, 0.717) is 0 Å². The fourth-order valence-corrected chi connectivity index (χ4v) is 1.36. The summed E-state index contributed by atoms with van der Waals surface area (Å²) in [4.78, 5) is 10.1. The van der Waals surface area contributed by atoms with Gasteiger partial charge in [-0.15, -0.1) is 0 Å². The molecule has 0 aliphatic rings. The summed E-state index contributed by atoms with van der Waals surface area (Å²) in [5.41, 5.74) is -0.445. The Kier molecular flexibility index (Phi) is 8.35. The van der Waals surface area contributed by atoms with Crippen LogP contribution in [-0.4, -0.2) is 27.5 Å². The molecule has 0 saturated carbocycles. The van der Waals surface area contributed by atoms with Crippen molar-refractivity contribution in [2.45, 2.75) is 32.5 Å². The lowest BCUT2D eigenvalue weighted by Gasteiger charge is -2.06. The number of allylic oxidation sites excluding steroid dienone is 1. The molecule has 0 saturated heterocycles. The molecule has 9 heteroatoms. The van der Waals surface area contributed by atoms with Gasteiger partial charge in [0.2, 0.25) is 0 Å². The monoisotopic (exact) mass is 346 g/mol. The number of carboxylic acid groups (broad SMARTS) is 1. The van der Waals surface area contributed by atoms with Crippen molar-refractivity contribution in [1.29, 1.82) is 5.26 Å². The van der Waals surface area contributed by atoms with Crippen LogP contribution in [0.2, 0.25) is 0 Å². The number of aliphatic hydroxyl groups is 2. The first kappa shape index (κ1) is 21.3. The third kappa shape index (κ3) is 8.65. The van der Waals surface area contributed by atoms with Gasteiger partial charge in [0.15, 0.2) is 0 Å². The Morgan fingerprint density at radius 3 is 2.12 bits per heavy atom. The normalized spacial score (nSPS) is 12.9. The first-order valence-corrected chi connectivity index (χ1v) is 6.61. The Balaban J connectivity index is 0.000000470. The van der Waals surface area contributed by atoms with Crippen LogP contribution in [0.5, 0.6) is 0 Å². The Labute approximate surface area is 136 Å². The standard InChI is InChI=1S/C8H6F3NO2.C7H11NO2/c9-8(10,11)5-1-3-6(4-2-5)12-7(13)14;1-5(4-8)7(10)3-6(2)9/h1-4,12H,(H,13,14);6,9-10H,3H2,1-2H3. The quantitative estimate of drug-likeness (QED) is 0.489. The van der Waals surface area contributed by atoms with Crippen molar-refractivity contribution < 1.29 is 33.3 Å². The third-order valence-electron chi connectivity index (χ3n) is 2.55. The zero-order valence-corrected chi connectivity index (χ0v) is 12.9. The fraction of sp³-hybridized carbons (Fsp3) is 0.333. The first-order chi connectivity index (χ1) is 11.0. The van der Waals surface area contributed by atoms with Crippen molar-refractivity contribution in [3.05, 3.63) is 41.2 Å². The van der Waals surface area contributed by atoms with Crippen LogP contribution in [0.1, 0.15) is 25.8 Å². The number of nitriles is 1. The predicted octanol–water partition coefficient (Wildman–Crippen LogP) is 3.91. The van der Waals surface area contributed by atoms with Crippen LogP contribution < -0.4 is 5.32 Å². The summed E-state index contributed by atoms with van der Waals surface area (Å²) in [5.74, 6) is -0.0301. The molecule has 6 nitrogen and oxygen atoms in total. The fourth-order valence-electron chi connectivity index (χ4n) is 1.36. The molecule has 4 N–H and O–H groups in total. The average Bonchev–Trinajstić information content (AvgIpc) is 2.45. The van der Waals surface area contributed by atoms with E-state index in [4.69, 9.17) is 20.6 Å². The van der Waals surface area contributed by atoms with Gasteiger partial charge in [-0.05, 0) is 38.1 Å². The highest BCUT2D eigenvalue weighted by Crippen LogP contribution is 2.29. The molecule has 1 atom stereocenters.